The maximum atomic E-state index is 13.1. The first-order valence-electron chi connectivity index (χ1n) is 8.08. The van der Waals surface area contributed by atoms with Crippen LogP contribution in [0.5, 0.6) is 0 Å². The largest absolute Gasteiger partial charge is 0.418 e. The lowest BCUT2D eigenvalue weighted by Gasteiger charge is -2.14. The van der Waals surface area contributed by atoms with E-state index in [0.29, 0.717) is 23.1 Å². The predicted octanol–water partition coefficient (Wildman–Crippen LogP) is 5.81. The van der Waals surface area contributed by atoms with Crippen LogP contribution in [0.4, 0.5) is 30.6 Å². The number of para-hydroxylation sites is 1. The minimum absolute atomic E-state index is 0.0882. The van der Waals surface area contributed by atoms with Crippen molar-refractivity contribution in [3.05, 3.63) is 76.4 Å². The molecule has 1 aromatic heterocycles. The summed E-state index contributed by atoms with van der Waals surface area (Å²) in [6, 6.07) is 14.3. The van der Waals surface area contributed by atoms with Crippen molar-refractivity contribution in [1.82, 2.24) is 9.97 Å². The van der Waals surface area contributed by atoms with Gasteiger partial charge in [0.15, 0.2) is 0 Å². The minimum Gasteiger partial charge on any atom is -0.366 e. The van der Waals surface area contributed by atoms with E-state index in [9.17, 15) is 13.2 Å². The van der Waals surface area contributed by atoms with Gasteiger partial charge in [-0.2, -0.15) is 18.2 Å². The first-order valence-corrected chi connectivity index (χ1v) is 8.46. The van der Waals surface area contributed by atoms with Crippen molar-refractivity contribution in [1.29, 1.82) is 0 Å². The van der Waals surface area contributed by atoms with Crippen molar-refractivity contribution in [2.75, 3.05) is 10.6 Å². The molecular formula is C19H16ClF3N4. The molecule has 0 fully saturated rings. The third kappa shape index (κ3) is 5.10. The van der Waals surface area contributed by atoms with Crippen LogP contribution in [0.2, 0.25) is 5.02 Å². The summed E-state index contributed by atoms with van der Waals surface area (Å²) in [5.74, 6) is 0.592. The Morgan fingerprint density at radius 1 is 1.00 bits per heavy atom. The molecule has 0 spiro atoms. The van der Waals surface area contributed by atoms with E-state index in [2.05, 4.69) is 20.6 Å². The van der Waals surface area contributed by atoms with Gasteiger partial charge < -0.3 is 10.6 Å². The highest BCUT2D eigenvalue weighted by Gasteiger charge is 2.33. The van der Waals surface area contributed by atoms with Crippen LogP contribution in [-0.2, 0) is 12.7 Å². The molecule has 0 saturated heterocycles. The smallest absolute Gasteiger partial charge is 0.366 e. The van der Waals surface area contributed by atoms with E-state index in [1.54, 1.807) is 25.1 Å². The van der Waals surface area contributed by atoms with Crippen LogP contribution in [0.15, 0.2) is 54.6 Å². The Balaban J connectivity index is 1.79. The van der Waals surface area contributed by atoms with Crippen molar-refractivity contribution in [3.8, 4) is 0 Å². The van der Waals surface area contributed by atoms with Crippen LogP contribution in [0.1, 0.15) is 16.8 Å². The number of anilines is 3. The molecule has 2 N–H and O–H groups in total. The quantitative estimate of drug-likeness (QED) is 0.575. The van der Waals surface area contributed by atoms with E-state index in [1.165, 1.54) is 18.2 Å². The number of halogens is 4. The zero-order chi connectivity index (χ0) is 19.4. The SMILES string of the molecule is Cc1cc(NCc2ccc(Cl)cc2)nc(Nc2ccccc2C(F)(F)F)n1. The van der Waals surface area contributed by atoms with E-state index in [-0.39, 0.29) is 11.6 Å². The van der Waals surface area contributed by atoms with Crippen LogP contribution in [-0.4, -0.2) is 9.97 Å². The highest BCUT2D eigenvalue weighted by Crippen LogP contribution is 2.35. The fourth-order valence-electron chi connectivity index (χ4n) is 2.47. The van der Waals surface area contributed by atoms with Crippen molar-refractivity contribution in [2.45, 2.75) is 19.6 Å². The molecular weight excluding hydrogens is 377 g/mol. The maximum absolute atomic E-state index is 13.1. The molecule has 0 bridgehead atoms. The lowest BCUT2D eigenvalue weighted by molar-refractivity contribution is -0.136. The first-order chi connectivity index (χ1) is 12.8. The molecule has 0 atom stereocenters. The molecule has 0 radical (unpaired) electrons. The summed E-state index contributed by atoms with van der Waals surface area (Å²) in [4.78, 5) is 8.43. The molecule has 3 rings (SSSR count). The normalized spacial score (nSPS) is 11.3. The lowest BCUT2D eigenvalue weighted by Crippen LogP contribution is -2.10. The van der Waals surface area contributed by atoms with Crippen LogP contribution in [0.25, 0.3) is 0 Å². The van der Waals surface area contributed by atoms with E-state index >= 15 is 0 Å². The number of benzene rings is 2. The highest BCUT2D eigenvalue weighted by atomic mass is 35.5. The van der Waals surface area contributed by atoms with Crippen molar-refractivity contribution >= 4 is 29.1 Å². The molecule has 0 aliphatic carbocycles. The molecule has 8 heteroatoms. The summed E-state index contributed by atoms with van der Waals surface area (Å²) in [6.07, 6.45) is -4.47. The van der Waals surface area contributed by atoms with E-state index in [4.69, 9.17) is 11.6 Å². The standard InChI is InChI=1S/C19H16ClF3N4/c1-12-10-17(24-11-13-6-8-14(20)9-7-13)27-18(25-12)26-16-5-3-2-4-15(16)19(21,22)23/h2-10H,11H2,1H3,(H2,24,25,26,27). The zero-order valence-electron chi connectivity index (χ0n) is 14.3. The lowest BCUT2D eigenvalue weighted by atomic mass is 10.1. The Morgan fingerprint density at radius 3 is 2.41 bits per heavy atom. The summed E-state index contributed by atoms with van der Waals surface area (Å²) in [5.41, 5.74) is 0.744. The van der Waals surface area contributed by atoms with Crippen molar-refractivity contribution < 1.29 is 13.2 Å². The molecule has 140 valence electrons. The minimum atomic E-state index is -4.47. The Bertz CT molecular complexity index is 927. The molecule has 0 saturated carbocycles. The van der Waals surface area contributed by atoms with Gasteiger partial charge in [0.1, 0.15) is 5.82 Å². The van der Waals surface area contributed by atoms with Crippen LogP contribution >= 0.6 is 11.6 Å². The monoisotopic (exact) mass is 392 g/mol. The molecule has 0 aliphatic rings. The number of alkyl halides is 3. The third-order valence-corrected chi connectivity index (χ3v) is 3.97. The van der Waals surface area contributed by atoms with Crippen LogP contribution < -0.4 is 10.6 Å². The molecule has 27 heavy (non-hydrogen) atoms. The first kappa shape index (κ1) is 19.0. The van der Waals surface area contributed by atoms with Crippen molar-refractivity contribution in [2.24, 2.45) is 0 Å². The maximum Gasteiger partial charge on any atom is 0.418 e. The highest BCUT2D eigenvalue weighted by molar-refractivity contribution is 6.30. The van der Waals surface area contributed by atoms with Gasteiger partial charge in [0.05, 0.1) is 11.3 Å². The zero-order valence-corrected chi connectivity index (χ0v) is 15.1. The van der Waals surface area contributed by atoms with Gasteiger partial charge in [0, 0.05) is 23.3 Å². The summed E-state index contributed by atoms with van der Waals surface area (Å²) >= 11 is 5.86. The Labute approximate surface area is 159 Å². The Hall–Kier alpha value is -2.80. The van der Waals surface area contributed by atoms with Gasteiger partial charge in [0.25, 0.3) is 0 Å². The molecule has 4 nitrogen and oxygen atoms in total. The van der Waals surface area contributed by atoms with E-state index in [0.717, 1.165) is 11.6 Å². The molecule has 2 aromatic carbocycles. The van der Waals surface area contributed by atoms with Crippen LogP contribution in [0, 0.1) is 6.92 Å². The van der Waals surface area contributed by atoms with E-state index < -0.39 is 11.7 Å². The number of hydrogen-bond acceptors (Lipinski definition) is 4. The summed E-state index contributed by atoms with van der Waals surface area (Å²) in [5, 5.41) is 6.45. The number of aryl methyl sites for hydroxylation is 1. The number of rotatable bonds is 5. The number of nitrogens with zero attached hydrogens (tertiary/aromatic N) is 2. The molecule has 0 aliphatic heterocycles. The number of aromatic nitrogens is 2. The van der Waals surface area contributed by atoms with Gasteiger partial charge in [-0.05, 0) is 36.8 Å². The second-order valence-electron chi connectivity index (χ2n) is 5.87. The average Bonchev–Trinajstić information content (AvgIpc) is 2.60. The molecule has 3 aromatic rings. The topological polar surface area (TPSA) is 49.8 Å². The fraction of sp³-hybridized carbons (Fsp3) is 0.158. The van der Waals surface area contributed by atoms with Gasteiger partial charge in [0.2, 0.25) is 5.95 Å². The van der Waals surface area contributed by atoms with Gasteiger partial charge in [-0.25, -0.2) is 4.98 Å². The average molecular weight is 393 g/mol. The molecule has 1 heterocycles. The molecule has 0 amide bonds. The summed E-state index contributed by atoms with van der Waals surface area (Å²) in [6.45, 7) is 2.24. The Kier molecular flexibility index (Phi) is 5.51. The fourth-order valence-corrected chi connectivity index (χ4v) is 2.60. The second kappa shape index (κ2) is 7.84. The molecule has 0 unspecified atom stereocenters. The van der Waals surface area contributed by atoms with Crippen LogP contribution in [0.3, 0.4) is 0 Å². The Morgan fingerprint density at radius 2 is 1.70 bits per heavy atom. The summed E-state index contributed by atoms with van der Waals surface area (Å²) in [7, 11) is 0. The van der Waals surface area contributed by atoms with Gasteiger partial charge in [-0.15, -0.1) is 0 Å². The van der Waals surface area contributed by atoms with Gasteiger partial charge in [-0.1, -0.05) is 35.9 Å². The second-order valence-corrected chi connectivity index (χ2v) is 6.30. The van der Waals surface area contributed by atoms with Gasteiger partial charge >= 0.3 is 6.18 Å². The van der Waals surface area contributed by atoms with E-state index in [1.807, 2.05) is 12.1 Å². The van der Waals surface area contributed by atoms with Gasteiger partial charge in [-0.3, -0.25) is 0 Å². The predicted molar refractivity (Wildman–Crippen MR) is 100 cm³/mol. The number of nitrogens with one attached hydrogen (secondary N) is 2. The summed E-state index contributed by atoms with van der Waals surface area (Å²) < 4.78 is 39.4. The number of hydrogen-bond donors (Lipinski definition) is 2. The van der Waals surface area contributed by atoms with Crippen molar-refractivity contribution in [3.63, 3.8) is 0 Å². The third-order valence-electron chi connectivity index (χ3n) is 3.72.